The maximum absolute atomic E-state index is 11.7. The van der Waals surface area contributed by atoms with Crippen molar-refractivity contribution in [2.45, 2.75) is 26.8 Å². The van der Waals surface area contributed by atoms with Gasteiger partial charge >= 0.3 is 0 Å². The normalized spacial score (nSPS) is 10.2. The van der Waals surface area contributed by atoms with Gasteiger partial charge < -0.3 is 16.0 Å². The van der Waals surface area contributed by atoms with E-state index in [4.69, 9.17) is 5.73 Å². The predicted octanol–water partition coefficient (Wildman–Crippen LogP) is 1.42. The zero-order chi connectivity index (χ0) is 13.5. The van der Waals surface area contributed by atoms with Crippen LogP contribution in [0.4, 0.5) is 5.69 Å². The van der Waals surface area contributed by atoms with Gasteiger partial charge in [0.25, 0.3) is 0 Å². The average molecular weight is 249 g/mol. The van der Waals surface area contributed by atoms with Crippen molar-refractivity contribution in [2.75, 3.05) is 25.0 Å². The lowest BCUT2D eigenvalue weighted by atomic mass is 10.1. The molecule has 0 aliphatic rings. The molecule has 0 spiro atoms. The van der Waals surface area contributed by atoms with Gasteiger partial charge in [0.15, 0.2) is 0 Å². The van der Waals surface area contributed by atoms with Crippen LogP contribution < -0.4 is 16.0 Å². The molecule has 0 aliphatic carbocycles. The van der Waals surface area contributed by atoms with Gasteiger partial charge in [-0.3, -0.25) is 4.79 Å². The number of carbonyl (C=O) groups excluding carboxylic acids is 1. The molecule has 0 saturated heterocycles. The van der Waals surface area contributed by atoms with E-state index in [0.717, 1.165) is 24.2 Å². The van der Waals surface area contributed by atoms with Crippen molar-refractivity contribution in [2.24, 2.45) is 5.73 Å². The number of hydrogen-bond donors (Lipinski definition) is 2. The summed E-state index contributed by atoms with van der Waals surface area (Å²) in [6, 6.07) is 6.12. The molecular weight excluding hydrogens is 226 g/mol. The van der Waals surface area contributed by atoms with Crippen LogP contribution in [0, 0.1) is 6.92 Å². The molecule has 0 saturated carbocycles. The number of nitrogens with zero attached hydrogens (tertiary/aromatic N) is 1. The Morgan fingerprint density at radius 2 is 2.17 bits per heavy atom. The van der Waals surface area contributed by atoms with Crippen LogP contribution in [0.1, 0.15) is 24.5 Å². The molecule has 1 aromatic carbocycles. The van der Waals surface area contributed by atoms with E-state index in [1.165, 1.54) is 5.56 Å². The van der Waals surface area contributed by atoms with E-state index in [1.54, 1.807) is 0 Å². The van der Waals surface area contributed by atoms with Crippen LogP contribution in [0.25, 0.3) is 0 Å². The van der Waals surface area contributed by atoms with E-state index in [2.05, 4.69) is 11.4 Å². The second-order valence-corrected chi connectivity index (χ2v) is 4.54. The van der Waals surface area contributed by atoms with Gasteiger partial charge in [0.2, 0.25) is 5.91 Å². The summed E-state index contributed by atoms with van der Waals surface area (Å²) in [6.07, 6.45) is 0.952. The highest BCUT2D eigenvalue weighted by Gasteiger charge is 2.10. The number of benzene rings is 1. The van der Waals surface area contributed by atoms with Crippen molar-refractivity contribution in [3.8, 4) is 0 Å². The van der Waals surface area contributed by atoms with Gasteiger partial charge in [-0.25, -0.2) is 0 Å². The number of hydrogen-bond acceptors (Lipinski definition) is 3. The maximum atomic E-state index is 11.7. The summed E-state index contributed by atoms with van der Waals surface area (Å²) in [7, 11) is 1.91. The second-order valence-electron chi connectivity index (χ2n) is 4.54. The lowest BCUT2D eigenvalue weighted by Gasteiger charge is -2.22. The largest absolute Gasteiger partial charge is 0.365 e. The van der Waals surface area contributed by atoms with Gasteiger partial charge in [-0.2, -0.15) is 0 Å². The number of rotatable bonds is 6. The molecule has 4 heteroatoms. The average Bonchev–Trinajstić information content (AvgIpc) is 2.35. The number of carbonyl (C=O) groups is 1. The van der Waals surface area contributed by atoms with Gasteiger partial charge in [-0.05, 0) is 25.0 Å². The van der Waals surface area contributed by atoms with Crippen LogP contribution in [-0.2, 0) is 11.3 Å². The van der Waals surface area contributed by atoms with Crippen LogP contribution in [0.2, 0.25) is 0 Å². The number of likely N-dealkylation sites (N-methyl/N-ethyl adjacent to an activating group) is 1. The summed E-state index contributed by atoms with van der Waals surface area (Å²) >= 11 is 0. The minimum Gasteiger partial charge on any atom is -0.365 e. The van der Waals surface area contributed by atoms with Gasteiger partial charge in [-0.15, -0.1) is 0 Å². The number of nitrogens with one attached hydrogen (secondary N) is 1. The molecule has 0 aliphatic heterocycles. The zero-order valence-electron chi connectivity index (χ0n) is 11.5. The fourth-order valence-corrected chi connectivity index (χ4v) is 1.87. The van der Waals surface area contributed by atoms with Crippen molar-refractivity contribution in [3.05, 3.63) is 29.3 Å². The molecule has 0 heterocycles. The standard InChI is InChI=1S/C14H23N3O/c1-4-7-16-14(18)10-17(3)13-6-5-11(2)8-12(13)9-15/h5-6,8H,4,7,9-10,15H2,1-3H3,(H,16,18). The first kappa shape index (κ1) is 14.5. The highest BCUT2D eigenvalue weighted by molar-refractivity contribution is 5.81. The molecule has 0 fully saturated rings. The molecule has 18 heavy (non-hydrogen) atoms. The van der Waals surface area contributed by atoms with Gasteiger partial charge in [-0.1, -0.05) is 24.6 Å². The Balaban J connectivity index is 2.71. The van der Waals surface area contributed by atoms with Crippen LogP contribution in [0.3, 0.4) is 0 Å². The van der Waals surface area contributed by atoms with Crippen LogP contribution in [0.5, 0.6) is 0 Å². The third-order valence-corrected chi connectivity index (χ3v) is 2.82. The molecule has 1 amide bonds. The van der Waals surface area contributed by atoms with Crippen LogP contribution >= 0.6 is 0 Å². The minimum atomic E-state index is 0.0443. The summed E-state index contributed by atoms with van der Waals surface area (Å²) in [5, 5.41) is 2.87. The van der Waals surface area contributed by atoms with Gasteiger partial charge in [0.1, 0.15) is 0 Å². The highest BCUT2D eigenvalue weighted by Crippen LogP contribution is 2.20. The first-order valence-electron chi connectivity index (χ1n) is 6.36. The SMILES string of the molecule is CCCNC(=O)CN(C)c1ccc(C)cc1CN. The molecule has 0 aromatic heterocycles. The van der Waals surface area contributed by atoms with Crippen molar-refractivity contribution in [1.82, 2.24) is 5.32 Å². The molecule has 1 rings (SSSR count). The molecule has 4 nitrogen and oxygen atoms in total. The topological polar surface area (TPSA) is 58.4 Å². The Hall–Kier alpha value is -1.55. The lowest BCUT2D eigenvalue weighted by Crippen LogP contribution is -2.36. The summed E-state index contributed by atoms with van der Waals surface area (Å²) in [5.41, 5.74) is 9.02. The van der Waals surface area contributed by atoms with Crippen LogP contribution in [-0.4, -0.2) is 26.0 Å². The second kappa shape index (κ2) is 7.01. The summed E-state index contributed by atoms with van der Waals surface area (Å²) in [5.74, 6) is 0.0443. The summed E-state index contributed by atoms with van der Waals surface area (Å²) in [4.78, 5) is 13.6. The molecule has 0 atom stereocenters. The molecule has 1 aromatic rings. The number of nitrogens with two attached hydrogens (primary N) is 1. The van der Waals surface area contributed by atoms with E-state index in [9.17, 15) is 4.79 Å². The smallest absolute Gasteiger partial charge is 0.239 e. The first-order valence-corrected chi connectivity index (χ1v) is 6.36. The molecule has 3 N–H and O–H groups in total. The van der Waals surface area contributed by atoms with Crippen molar-refractivity contribution in [3.63, 3.8) is 0 Å². The van der Waals surface area contributed by atoms with E-state index >= 15 is 0 Å². The first-order chi connectivity index (χ1) is 8.58. The fraction of sp³-hybridized carbons (Fsp3) is 0.500. The van der Waals surface area contributed by atoms with Crippen LogP contribution in [0.15, 0.2) is 18.2 Å². The minimum absolute atomic E-state index is 0.0443. The maximum Gasteiger partial charge on any atom is 0.239 e. The Morgan fingerprint density at radius 3 is 2.78 bits per heavy atom. The summed E-state index contributed by atoms with van der Waals surface area (Å²) < 4.78 is 0. The van der Waals surface area contributed by atoms with Crippen molar-refractivity contribution >= 4 is 11.6 Å². The van der Waals surface area contributed by atoms with Crippen molar-refractivity contribution < 1.29 is 4.79 Å². The fourth-order valence-electron chi connectivity index (χ4n) is 1.87. The molecule has 0 radical (unpaired) electrons. The quantitative estimate of drug-likeness (QED) is 0.801. The van der Waals surface area contributed by atoms with Gasteiger partial charge in [0.05, 0.1) is 6.54 Å². The zero-order valence-corrected chi connectivity index (χ0v) is 11.5. The Kier molecular flexibility index (Phi) is 5.65. The molecule has 0 bridgehead atoms. The number of anilines is 1. The number of amides is 1. The number of aryl methyl sites for hydroxylation is 1. The molecule has 100 valence electrons. The van der Waals surface area contributed by atoms with E-state index in [1.807, 2.05) is 37.9 Å². The highest BCUT2D eigenvalue weighted by atomic mass is 16.2. The van der Waals surface area contributed by atoms with Gasteiger partial charge in [0, 0.05) is 25.8 Å². The van der Waals surface area contributed by atoms with Crippen molar-refractivity contribution in [1.29, 1.82) is 0 Å². The predicted molar refractivity (Wildman–Crippen MR) is 75.6 cm³/mol. The Morgan fingerprint density at radius 1 is 1.44 bits per heavy atom. The lowest BCUT2D eigenvalue weighted by molar-refractivity contribution is -0.119. The Bertz CT molecular complexity index is 404. The molecular formula is C14H23N3O. The third-order valence-electron chi connectivity index (χ3n) is 2.82. The monoisotopic (exact) mass is 249 g/mol. The summed E-state index contributed by atoms with van der Waals surface area (Å²) in [6.45, 7) is 5.64. The Labute approximate surface area is 109 Å². The van der Waals surface area contributed by atoms with E-state index in [-0.39, 0.29) is 5.91 Å². The third kappa shape index (κ3) is 4.04. The van der Waals surface area contributed by atoms with E-state index < -0.39 is 0 Å². The molecule has 0 unspecified atom stereocenters. The van der Waals surface area contributed by atoms with E-state index in [0.29, 0.717) is 13.1 Å².